The molecular weight excluding hydrogens is 777 g/mol. The summed E-state index contributed by atoms with van der Waals surface area (Å²) in [6.45, 7) is 15.3. The first-order valence-corrected chi connectivity index (χ1v) is 26.8. The normalized spacial score (nSPS) is 12.3. The van der Waals surface area contributed by atoms with E-state index in [4.69, 9.17) is 0 Å². The summed E-state index contributed by atoms with van der Waals surface area (Å²) in [6.07, 6.45) is 23.2. The van der Waals surface area contributed by atoms with E-state index >= 15 is 0 Å². The van der Waals surface area contributed by atoms with Gasteiger partial charge in [0.05, 0.1) is 40.5 Å². The van der Waals surface area contributed by atoms with Crippen molar-refractivity contribution in [3.63, 3.8) is 0 Å². The summed E-state index contributed by atoms with van der Waals surface area (Å²) >= 11 is 0. The third kappa shape index (κ3) is 39.9. The Bertz CT molecular complexity index is 1180. The minimum Gasteiger partial charge on any atom is -0.748 e. The molecule has 0 aromatic rings. The predicted molar refractivity (Wildman–Crippen MR) is 219 cm³/mol. The van der Waals surface area contributed by atoms with Crippen LogP contribution >= 0.6 is 0 Å². The molecule has 0 saturated heterocycles. The molecule has 12 nitrogen and oxygen atoms in total. The third-order valence-corrected chi connectivity index (χ3v) is 15.0. The molecule has 0 aromatic heterocycles. The first-order valence-electron chi connectivity index (χ1n) is 20.9. The molecule has 0 aliphatic heterocycles. The molecule has 0 bridgehead atoms. The van der Waals surface area contributed by atoms with Gasteiger partial charge in [0.25, 0.3) is 0 Å². The summed E-state index contributed by atoms with van der Waals surface area (Å²) in [5, 5.41) is -2.65. The van der Waals surface area contributed by atoms with Crippen LogP contribution in [0.4, 0.5) is 0 Å². The van der Waals surface area contributed by atoms with Crippen molar-refractivity contribution in [1.82, 2.24) is 0 Å². The van der Waals surface area contributed by atoms with Crippen LogP contribution in [0.5, 0.6) is 0 Å². The molecular formula is C38H80O12S4-4. The molecule has 0 aliphatic rings. The van der Waals surface area contributed by atoms with Crippen molar-refractivity contribution >= 4 is 40.5 Å². The maximum atomic E-state index is 11.2. The molecule has 0 aliphatic carbocycles. The lowest BCUT2D eigenvalue weighted by atomic mass is 10.0. The van der Waals surface area contributed by atoms with E-state index in [1.165, 1.54) is 25.7 Å². The number of rotatable bonds is 30. The molecule has 0 atom stereocenters. The van der Waals surface area contributed by atoms with E-state index in [0.717, 1.165) is 89.9 Å². The molecule has 0 fully saturated rings. The van der Waals surface area contributed by atoms with Gasteiger partial charge in [0.2, 0.25) is 0 Å². The van der Waals surface area contributed by atoms with Gasteiger partial charge in [-0.05, 0) is 51.4 Å². The molecule has 54 heavy (non-hydrogen) atoms. The van der Waals surface area contributed by atoms with Gasteiger partial charge in [-0.2, -0.15) is 0 Å². The summed E-state index contributed by atoms with van der Waals surface area (Å²) in [5.41, 5.74) is 0. The van der Waals surface area contributed by atoms with E-state index in [2.05, 4.69) is 27.7 Å². The van der Waals surface area contributed by atoms with E-state index in [1.807, 2.05) is 0 Å². The zero-order valence-corrected chi connectivity index (χ0v) is 38.5. The Morgan fingerprint density at radius 2 is 0.444 bits per heavy atom. The van der Waals surface area contributed by atoms with Gasteiger partial charge in [0.15, 0.2) is 0 Å². The van der Waals surface area contributed by atoms with Crippen molar-refractivity contribution in [3.8, 4) is 0 Å². The second-order valence-electron chi connectivity index (χ2n) is 14.2. The molecule has 0 saturated carbocycles. The number of unbranched alkanes of at least 4 members (excludes halogenated alkanes) is 14. The summed E-state index contributed by atoms with van der Waals surface area (Å²) in [6, 6.07) is 0. The molecule has 0 aromatic carbocycles. The zero-order chi connectivity index (χ0) is 42.7. The lowest BCUT2D eigenvalue weighted by Crippen LogP contribution is -2.20. The molecule has 0 N–H and O–H groups in total. The quantitative estimate of drug-likeness (QED) is 0.0485. The largest absolute Gasteiger partial charge is 0.748 e. The Kier molecular flexibility index (Phi) is 41.3. The van der Waals surface area contributed by atoms with Crippen LogP contribution < -0.4 is 0 Å². The fourth-order valence-corrected chi connectivity index (χ4v) is 9.26. The predicted octanol–water partition coefficient (Wildman–Crippen LogP) is 9.90. The highest BCUT2D eigenvalue weighted by Crippen LogP contribution is 2.20. The summed E-state index contributed by atoms with van der Waals surface area (Å²) in [5.74, 6) is 0. The Balaban J connectivity index is -0.000000326. The van der Waals surface area contributed by atoms with Crippen molar-refractivity contribution in [3.05, 3.63) is 0 Å². The van der Waals surface area contributed by atoms with Crippen molar-refractivity contribution < 1.29 is 51.9 Å². The van der Waals surface area contributed by atoms with Gasteiger partial charge in [-0.25, -0.2) is 33.7 Å². The SMILES string of the molecule is CCC(CC)S(=O)(=O)[O-].CCC(CC)S(=O)(=O)[O-].CCCCCCC(CCCCCC)S(=O)(=O)[O-].CCCCCCCC(CCCCCCC)S(=O)(=O)[O-]. The smallest absolute Gasteiger partial charge is 0.0975 e. The van der Waals surface area contributed by atoms with Crippen molar-refractivity contribution in [2.75, 3.05) is 0 Å². The molecule has 0 heterocycles. The average Bonchev–Trinajstić information content (AvgIpc) is 3.06. The second kappa shape index (κ2) is 36.9. The van der Waals surface area contributed by atoms with Gasteiger partial charge in [-0.1, -0.05) is 171 Å². The van der Waals surface area contributed by atoms with E-state index in [-0.39, 0.29) is 0 Å². The van der Waals surface area contributed by atoms with Crippen LogP contribution in [-0.4, -0.2) is 72.9 Å². The lowest BCUT2D eigenvalue weighted by molar-refractivity contribution is 0.426. The Hall–Kier alpha value is -0.360. The van der Waals surface area contributed by atoms with Crippen LogP contribution in [0.25, 0.3) is 0 Å². The van der Waals surface area contributed by atoms with Crippen molar-refractivity contribution in [2.45, 2.75) is 243 Å². The van der Waals surface area contributed by atoms with Gasteiger partial charge in [0, 0.05) is 21.0 Å². The molecule has 0 rings (SSSR count). The van der Waals surface area contributed by atoms with Gasteiger partial charge in [-0.3, -0.25) is 0 Å². The average molecular weight is 857 g/mol. The van der Waals surface area contributed by atoms with Crippen LogP contribution in [0, 0.1) is 0 Å². The van der Waals surface area contributed by atoms with Gasteiger partial charge in [-0.15, -0.1) is 0 Å². The molecule has 0 radical (unpaired) electrons. The number of hydrogen-bond acceptors (Lipinski definition) is 12. The van der Waals surface area contributed by atoms with E-state index < -0.39 is 61.5 Å². The minimum absolute atomic E-state index is 0.419. The van der Waals surface area contributed by atoms with Gasteiger partial charge < -0.3 is 18.2 Å². The molecule has 332 valence electrons. The zero-order valence-electron chi connectivity index (χ0n) is 35.2. The standard InChI is InChI=1S/C15H32O3S.C13H28O3S.2C5H12O3S/c1-3-5-7-9-11-13-15(19(16,17)18)14-12-10-8-6-4-2;1-3-5-7-9-11-13(17(14,15)16)12-10-8-6-4-2;2*1-3-5(4-2)9(6,7)8/h15H,3-14H2,1-2H3,(H,16,17,18);13H,3-12H2,1-2H3,(H,14,15,16);2*5H,3-4H2,1-2H3,(H,6,7,8)/p-4. The minimum atomic E-state index is -4.10. The first kappa shape index (κ1) is 60.3. The highest BCUT2D eigenvalue weighted by molar-refractivity contribution is 7.87. The van der Waals surface area contributed by atoms with E-state index in [0.29, 0.717) is 51.4 Å². The number of hydrogen-bond donors (Lipinski definition) is 0. The Morgan fingerprint density at radius 3 is 0.574 bits per heavy atom. The highest BCUT2D eigenvalue weighted by Gasteiger charge is 2.16. The fraction of sp³-hybridized carbons (Fsp3) is 1.00. The lowest BCUT2D eigenvalue weighted by Gasteiger charge is -2.20. The maximum Gasteiger partial charge on any atom is 0.0975 e. The Morgan fingerprint density at radius 1 is 0.278 bits per heavy atom. The second-order valence-corrected chi connectivity index (χ2v) is 20.8. The highest BCUT2D eigenvalue weighted by atomic mass is 32.2. The molecule has 0 unspecified atom stereocenters. The monoisotopic (exact) mass is 856 g/mol. The Labute approximate surface area is 334 Å². The topological polar surface area (TPSA) is 229 Å². The van der Waals surface area contributed by atoms with E-state index in [9.17, 15) is 51.9 Å². The maximum absolute atomic E-state index is 11.2. The van der Waals surface area contributed by atoms with Gasteiger partial charge >= 0.3 is 0 Å². The summed E-state index contributed by atoms with van der Waals surface area (Å²) in [4.78, 5) is 0. The van der Waals surface area contributed by atoms with Crippen LogP contribution in [0.2, 0.25) is 0 Å². The summed E-state index contributed by atoms with van der Waals surface area (Å²) in [7, 11) is -16.2. The molecule has 0 spiro atoms. The van der Waals surface area contributed by atoms with Crippen LogP contribution in [0.15, 0.2) is 0 Å². The van der Waals surface area contributed by atoms with Crippen LogP contribution in [0.3, 0.4) is 0 Å². The van der Waals surface area contributed by atoms with Gasteiger partial charge in [0.1, 0.15) is 0 Å². The van der Waals surface area contributed by atoms with E-state index in [1.54, 1.807) is 27.7 Å². The van der Waals surface area contributed by atoms with Crippen LogP contribution in [0.1, 0.15) is 222 Å². The molecule has 0 amide bonds. The van der Waals surface area contributed by atoms with Crippen molar-refractivity contribution in [2.24, 2.45) is 0 Å². The molecule has 16 heteroatoms. The fourth-order valence-electron chi connectivity index (χ4n) is 5.81. The van der Waals surface area contributed by atoms with Crippen molar-refractivity contribution in [1.29, 1.82) is 0 Å². The summed E-state index contributed by atoms with van der Waals surface area (Å²) < 4.78 is 128. The first-order chi connectivity index (χ1) is 25.1. The van der Waals surface area contributed by atoms with Crippen LogP contribution in [-0.2, 0) is 40.5 Å². The third-order valence-electron chi connectivity index (χ3n) is 9.47.